The van der Waals surface area contributed by atoms with Crippen molar-refractivity contribution in [1.82, 2.24) is 10.6 Å². The molecule has 0 unspecified atom stereocenters. The van der Waals surface area contributed by atoms with Gasteiger partial charge in [-0.3, -0.25) is 0 Å². The summed E-state index contributed by atoms with van der Waals surface area (Å²) in [5.41, 5.74) is 0.862. The van der Waals surface area contributed by atoms with Crippen molar-refractivity contribution in [3.8, 4) is 5.75 Å². The topological polar surface area (TPSA) is 111 Å². The summed E-state index contributed by atoms with van der Waals surface area (Å²) in [6, 6.07) is 11.8. The molecule has 0 aliphatic heterocycles. The van der Waals surface area contributed by atoms with Crippen LogP contribution in [0.25, 0.3) is 0 Å². The van der Waals surface area contributed by atoms with Gasteiger partial charge in [0.2, 0.25) is 10.0 Å². The number of sulfonamides is 1. The third-order valence-electron chi connectivity index (χ3n) is 3.43. The van der Waals surface area contributed by atoms with Crippen LogP contribution in [0.1, 0.15) is 5.56 Å². The maximum atomic E-state index is 13.3. The Labute approximate surface area is 151 Å². The molecule has 26 heavy (non-hydrogen) atoms. The van der Waals surface area contributed by atoms with Crippen molar-refractivity contribution < 1.29 is 22.3 Å². The van der Waals surface area contributed by atoms with Gasteiger partial charge in [-0.15, -0.1) is 0 Å². The molecule has 2 aromatic rings. The monoisotopic (exact) mass is 381 g/mol. The quantitative estimate of drug-likeness (QED) is 0.600. The van der Waals surface area contributed by atoms with Crippen molar-refractivity contribution in [2.45, 2.75) is 11.3 Å². The molecule has 0 radical (unpaired) electrons. The molecule has 0 spiro atoms. The van der Waals surface area contributed by atoms with Crippen molar-refractivity contribution >= 4 is 16.1 Å². The minimum Gasteiger partial charge on any atom is -0.489 e. The van der Waals surface area contributed by atoms with E-state index in [0.29, 0.717) is 13.0 Å². The summed E-state index contributed by atoms with van der Waals surface area (Å²) >= 11 is 0. The predicted molar refractivity (Wildman–Crippen MR) is 94.8 cm³/mol. The Morgan fingerprint density at radius 3 is 2.35 bits per heavy atom. The zero-order valence-electron chi connectivity index (χ0n) is 13.9. The number of primary sulfonamides is 1. The average molecular weight is 381 g/mol. The van der Waals surface area contributed by atoms with E-state index in [1.54, 1.807) is 24.3 Å². The lowest BCUT2D eigenvalue weighted by Crippen LogP contribution is -2.38. The van der Waals surface area contributed by atoms with Gasteiger partial charge in [-0.2, -0.15) is 0 Å². The van der Waals surface area contributed by atoms with E-state index >= 15 is 0 Å². The summed E-state index contributed by atoms with van der Waals surface area (Å²) in [4.78, 5) is 11.7. The molecule has 0 aliphatic carbocycles. The number of hydrogen-bond donors (Lipinski definition) is 3. The first-order valence-electron chi connectivity index (χ1n) is 7.87. The number of ether oxygens (including phenoxy) is 1. The Morgan fingerprint density at radius 1 is 1.04 bits per heavy atom. The predicted octanol–water partition coefficient (Wildman–Crippen LogP) is 1.39. The molecule has 0 saturated heterocycles. The summed E-state index contributed by atoms with van der Waals surface area (Å²) in [5, 5.41) is 10.3. The van der Waals surface area contributed by atoms with Crippen LogP contribution in [0.3, 0.4) is 0 Å². The lowest BCUT2D eigenvalue weighted by atomic mass is 10.1. The molecule has 9 heteroatoms. The molecular weight excluding hydrogens is 361 g/mol. The Balaban J connectivity index is 1.64. The molecule has 7 nitrogen and oxygen atoms in total. The lowest BCUT2D eigenvalue weighted by Gasteiger charge is -2.09. The zero-order valence-corrected chi connectivity index (χ0v) is 14.8. The van der Waals surface area contributed by atoms with E-state index in [1.165, 1.54) is 24.3 Å². The number of nitrogens with two attached hydrogens (primary N) is 1. The van der Waals surface area contributed by atoms with Crippen LogP contribution in [0.4, 0.5) is 9.18 Å². The van der Waals surface area contributed by atoms with Gasteiger partial charge in [0.1, 0.15) is 6.61 Å². The van der Waals surface area contributed by atoms with Crippen LogP contribution in [0.15, 0.2) is 53.4 Å². The molecule has 140 valence electrons. The van der Waals surface area contributed by atoms with E-state index in [0.717, 1.165) is 5.56 Å². The number of carbonyl (C=O) groups is 1. The molecule has 4 N–H and O–H groups in total. The van der Waals surface area contributed by atoms with E-state index in [9.17, 15) is 17.6 Å². The number of rotatable bonds is 8. The smallest absolute Gasteiger partial charge is 0.314 e. The highest BCUT2D eigenvalue weighted by Crippen LogP contribution is 2.14. The first-order valence-corrected chi connectivity index (χ1v) is 9.41. The highest BCUT2D eigenvalue weighted by atomic mass is 32.2. The molecule has 2 rings (SSSR count). The number of hydrogen-bond acceptors (Lipinski definition) is 4. The normalized spacial score (nSPS) is 11.0. The second-order valence-corrected chi connectivity index (χ2v) is 6.96. The van der Waals surface area contributed by atoms with Crippen molar-refractivity contribution in [3.63, 3.8) is 0 Å². The van der Waals surface area contributed by atoms with Crippen LogP contribution in [0.2, 0.25) is 0 Å². The second-order valence-electron chi connectivity index (χ2n) is 5.40. The summed E-state index contributed by atoms with van der Waals surface area (Å²) in [6.45, 7) is 0.737. The lowest BCUT2D eigenvalue weighted by molar-refractivity contribution is 0.236. The Morgan fingerprint density at radius 2 is 1.69 bits per heavy atom. The Hall–Kier alpha value is -2.65. The van der Waals surface area contributed by atoms with Crippen LogP contribution in [0, 0.1) is 5.82 Å². The van der Waals surface area contributed by atoms with Crippen molar-refractivity contribution in [2.24, 2.45) is 5.14 Å². The number of amides is 2. The van der Waals surface area contributed by atoms with E-state index < -0.39 is 15.8 Å². The molecule has 0 aromatic heterocycles. The van der Waals surface area contributed by atoms with E-state index in [4.69, 9.17) is 9.88 Å². The van der Waals surface area contributed by atoms with Gasteiger partial charge in [0, 0.05) is 6.54 Å². The molecule has 0 bridgehead atoms. The van der Waals surface area contributed by atoms with Crippen LogP contribution < -0.4 is 20.5 Å². The molecule has 2 amide bonds. The zero-order chi connectivity index (χ0) is 19.0. The summed E-state index contributed by atoms with van der Waals surface area (Å²) in [7, 11) is -3.70. The standard InChI is InChI=1S/C17H20FN3O4S/c18-15-3-1-2-4-16(15)25-12-11-21-17(22)20-10-9-13-5-7-14(8-6-13)26(19,23)24/h1-8H,9-12H2,(H2,19,23,24)(H2,20,21,22). The average Bonchev–Trinajstić information content (AvgIpc) is 2.60. The van der Waals surface area contributed by atoms with Crippen LogP contribution in [-0.4, -0.2) is 34.1 Å². The summed E-state index contributed by atoms with van der Waals surface area (Å²) in [5.74, 6) is -0.317. The van der Waals surface area contributed by atoms with Gasteiger partial charge in [0.25, 0.3) is 0 Å². The minimum atomic E-state index is -3.70. The molecule has 0 heterocycles. The van der Waals surface area contributed by atoms with Gasteiger partial charge in [-0.1, -0.05) is 24.3 Å². The third-order valence-corrected chi connectivity index (χ3v) is 4.36. The first-order chi connectivity index (χ1) is 12.4. The Kier molecular flexibility index (Phi) is 6.93. The highest BCUT2D eigenvalue weighted by molar-refractivity contribution is 7.89. The van der Waals surface area contributed by atoms with Crippen LogP contribution in [0.5, 0.6) is 5.75 Å². The summed E-state index contributed by atoms with van der Waals surface area (Å²) in [6.07, 6.45) is 0.532. The van der Waals surface area contributed by atoms with Gasteiger partial charge in [-0.05, 0) is 36.2 Å². The van der Waals surface area contributed by atoms with Crippen molar-refractivity contribution in [3.05, 3.63) is 59.9 Å². The van der Waals surface area contributed by atoms with E-state index in [2.05, 4.69) is 10.6 Å². The molecule has 0 aliphatic rings. The fourth-order valence-electron chi connectivity index (χ4n) is 2.12. The van der Waals surface area contributed by atoms with Crippen molar-refractivity contribution in [2.75, 3.05) is 19.7 Å². The number of para-hydroxylation sites is 1. The van der Waals surface area contributed by atoms with Gasteiger partial charge >= 0.3 is 6.03 Å². The maximum absolute atomic E-state index is 13.3. The second kappa shape index (κ2) is 9.16. The number of carbonyl (C=O) groups excluding carboxylic acids is 1. The third kappa shape index (κ3) is 6.34. The molecule has 0 fully saturated rings. The van der Waals surface area contributed by atoms with Gasteiger partial charge in [0.15, 0.2) is 11.6 Å². The molecule has 2 aromatic carbocycles. The maximum Gasteiger partial charge on any atom is 0.314 e. The molecule has 0 atom stereocenters. The van der Waals surface area contributed by atoms with Gasteiger partial charge in [-0.25, -0.2) is 22.7 Å². The fourth-order valence-corrected chi connectivity index (χ4v) is 2.63. The van der Waals surface area contributed by atoms with Crippen LogP contribution in [-0.2, 0) is 16.4 Å². The largest absolute Gasteiger partial charge is 0.489 e. The number of urea groups is 1. The van der Waals surface area contributed by atoms with E-state index in [-0.39, 0.29) is 29.8 Å². The van der Waals surface area contributed by atoms with Crippen LogP contribution >= 0.6 is 0 Å². The fraction of sp³-hybridized carbons (Fsp3) is 0.235. The highest BCUT2D eigenvalue weighted by Gasteiger charge is 2.07. The first kappa shape index (κ1) is 19.7. The minimum absolute atomic E-state index is 0.0433. The van der Waals surface area contributed by atoms with Crippen molar-refractivity contribution in [1.29, 1.82) is 0 Å². The SMILES string of the molecule is NS(=O)(=O)c1ccc(CCNC(=O)NCCOc2ccccc2F)cc1. The van der Waals surface area contributed by atoms with Gasteiger partial charge < -0.3 is 15.4 Å². The van der Waals surface area contributed by atoms with E-state index in [1.807, 2.05) is 0 Å². The number of halogens is 1. The van der Waals surface area contributed by atoms with Gasteiger partial charge in [0.05, 0.1) is 11.4 Å². The number of benzene rings is 2. The summed E-state index contributed by atoms with van der Waals surface area (Å²) < 4.78 is 40.9. The molecule has 0 saturated carbocycles. The Bertz CT molecular complexity index is 841. The molecular formula is C17H20FN3O4S. The number of nitrogens with one attached hydrogen (secondary N) is 2.